The fourth-order valence-electron chi connectivity index (χ4n) is 4.43. The molecule has 160 valence electrons. The Morgan fingerprint density at radius 2 is 0.654 bits per heavy atom. The Kier molecular flexibility index (Phi) is 24.9. The van der Waals surface area contributed by atoms with Gasteiger partial charge in [0.1, 0.15) is 0 Å². The van der Waals surface area contributed by atoms with E-state index in [0.717, 1.165) is 0 Å². The Balaban J connectivity index is 0. The maximum atomic E-state index is 2.43. The highest BCUT2D eigenvalue weighted by molar-refractivity contribution is 7.75. The van der Waals surface area contributed by atoms with Crippen molar-refractivity contribution < 1.29 is 17.0 Å². The molecule has 0 aromatic rings. The summed E-state index contributed by atoms with van der Waals surface area (Å²) in [4.78, 5) is 0. The predicted octanol–water partition coefficient (Wildman–Crippen LogP) is 6.33. The Morgan fingerprint density at radius 3 is 0.962 bits per heavy atom. The van der Waals surface area contributed by atoms with Gasteiger partial charge in [-0.3, -0.25) is 0 Å². The standard InChI is InChI=1S/C24H52P.BrH/c1-5-9-11-13-15-17-19-23-25(21-7-3,22-8-4)24-20-18-16-14-12-10-6-2;/h5-24H2,1-4H3;1H/q+1;/p-1. The van der Waals surface area contributed by atoms with Gasteiger partial charge in [0.25, 0.3) is 0 Å². The Bertz CT molecular complexity index is 229. The van der Waals surface area contributed by atoms with Crippen LogP contribution in [0.2, 0.25) is 0 Å². The van der Waals surface area contributed by atoms with Crippen molar-refractivity contribution in [1.82, 2.24) is 0 Å². The van der Waals surface area contributed by atoms with E-state index in [9.17, 15) is 0 Å². The van der Waals surface area contributed by atoms with Gasteiger partial charge in [0, 0.05) is 7.26 Å². The van der Waals surface area contributed by atoms with Crippen molar-refractivity contribution in [3.8, 4) is 0 Å². The quantitative estimate of drug-likeness (QED) is 0.150. The predicted molar refractivity (Wildman–Crippen MR) is 123 cm³/mol. The second-order valence-electron chi connectivity index (χ2n) is 8.48. The summed E-state index contributed by atoms with van der Waals surface area (Å²) < 4.78 is 0. The van der Waals surface area contributed by atoms with Gasteiger partial charge in [-0.2, -0.15) is 0 Å². The second kappa shape index (κ2) is 22.2. The highest BCUT2D eigenvalue weighted by atomic mass is 79.9. The maximum absolute atomic E-state index is 2.43. The molecular formula is C24H52BrP. The molecule has 0 aliphatic heterocycles. The number of unbranched alkanes of at least 4 members (excludes halogenated alkanes) is 12. The monoisotopic (exact) mass is 450 g/mol. The van der Waals surface area contributed by atoms with Gasteiger partial charge >= 0.3 is 0 Å². The van der Waals surface area contributed by atoms with Crippen molar-refractivity contribution >= 4 is 7.26 Å². The largest absolute Gasteiger partial charge is 1.00 e. The van der Waals surface area contributed by atoms with E-state index in [1.807, 2.05) is 0 Å². The van der Waals surface area contributed by atoms with Crippen LogP contribution in [0.25, 0.3) is 0 Å². The smallest absolute Gasteiger partial charge is 0.0594 e. The molecule has 0 heterocycles. The van der Waals surface area contributed by atoms with E-state index in [-0.39, 0.29) is 17.0 Å². The van der Waals surface area contributed by atoms with Crippen LogP contribution >= 0.6 is 7.26 Å². The summed E-state index contributed by atoms with van der Waals surface area (Å²) in [6.45, 7) is 9.50. The number of rotatable bonds is 20. The van der Waals surface area contributed by atoms with Crippen LogP contribution in [-0.4, -0.2) is 24.6 Å². The van der Waals surface area contributed by atoms with E-state index >= 15 is 0 Å². The van der Waals surface area contributed by atoms with E-state index in [1.54, 1.807) is 24.6 Å². The molecule has 0 spiro atoms. The Hall–Kier alpha value is 0.910. The summed E-state index contributed by atoms with van der Waals surface area (Å²) in [5.41, 5.74) is 0. The molecule has 0 N–H and O–H groups in total. The molecule has 26 heavy (non-hydrogen) atoms. The number of halogens is 1. The summed E-state index contributed by atoms with van der Waals surface area (Å²) in [7, 11) is -0.619. The van der Waals surface area contributed by atoms with Crippen molar-refractivity contribution in [1.29, 1.82) is 0 Å². The first kappa shape index (κ1) is 29.1. The van der Waals surface area contributed by atoms with Crippen LogP contribution in [-0.2, 0) is 0 Å². The molecule has 0 bridgehead atoms. The lowest BCUT2D eigenvalue weighted by Gasteiger charge is -2.27. The topological polar surface area (TPSA) is 0 Å². The number of hydrogen-bond acceptors (Lipinski definition) is 0. The molecule has 0 amide bonds. The lowest BCUT2D eigenvalue weighted by molar-refractivity contribution is -0.00000581. The first-order valence-corrected chi connectivity index (χ1v) is 14.6. The molecule has 0 atom stereocenters. The molecule has 2 heteroatoms. The minimum atomic E-state index is -0.619. The van der Waals surface area contributed by atoms with E-state index in [4.69, 9.17) is 0 Å². The number of hydrogen-bond donors (Lipinski definition) is 0. The summed E-state index contributed by atoms with van der Waals surface area (Å²) in [6, 6.07) is 0. The van der Waals surface area contributed by atoms with Crippen LogP contribution in [0.3, 0.4) is 0 Å². The molecule has 0 fully saturated rings. The van der Waals surface area contributed by atoms with Gasteiger partial charge in [-0.25, -0.2) is 0 Å². The molecule has 0 aliphatic rings. The molecule has 0 aromatic carbocycles. The van der Waals surface area contributed by atoms with Crippen molar-refractivity contribution in [2.24, 2.45) is 0 Å². The fraction of sp³-hybridized carbons (Fsp3) is 1.00. The van der Waals surface area contributed by atoms with Crippen molar-refractivity contribution in [3.05, 3.63) is 0 Å². The van der Waals surface area contributed by atoms with Gasteiger partial charge in [0.05, 0.1) is 24.6 Å². The highest BCUT2D eigenvalue weighted by Gasteiger charge is 2.33. The Labute approximate surface area is 179 Å². The van der Waals surface area contributed by atoms with Gasteiger partial charge in [0.2, 0.25) is 0 Å². The average Bonchev–Trinajstić information content (AvgIpc) is 2.61. The summed E-state index contributed by atoms with van der Waals surface area (Å²) in [6.07, 6.45) is 29.9. The SMILES string of the molecule is CCCCCCCCC[P+](CCC)(CCC)CCCCCCCCC.[Br-]. The molecule has 0 aromatic heterocycles. The molecule has 0 nitrogen and oxygen atoms in total. The van der Waals surface area contributed by atoms with E-state index in [1.165, 1.54) is 103 Å². The van der Waals surface area contributed by atoms with Crippen LogP contribution in [0, 0.1) is 0 Å². The van der Waals surface area contributed by atoms with E-state index in [2.05, 4.69) is 27.7 Å². The van der Waals surface area contributed by atoms with Gasteiger partial charge in [-0.05, 0) is 38.5 Å². The summed E-state index contributed by atoms with van der Waals surface area (Å²) in [5.74, 6) is 0. The van der Waals surface area contributed by atoms with Gasteiger partial charge in [-0.15, -0.1) is 0 Å². The minimum absolute atomic E-state index is 0. The van der Waals surface area contributed by atoms with Crippen LogP contribution in [0.4, 0.5) is 0 Å². The van der Waals surface area contributed by atoms with E-state index < -0.39 is 7.26 Å². The summed E-state index contributed by atoms with van der Waals surface area (Å²) >= 11 is 0. The normalized spacial score (nSPS) is 11.5. The summed E-state index contributed by atoms with van der Waals surface area (Å²) in [5, 5.41) is 0. The third kappa shape index (κ3) is 17.0. The van der Waals surface area contributed by atoms with Gasteiger partial charge in [-0.1, -0.05) is 91.9 Å². The molecule has 0 rings (SSSR count). The van der Waals surface area contributed by atoms with Crippen LogP contribution in [0.1, 0.15) is 130 Å². The third-order valence-electron chi connectivity index (χ3n) is 5.87. The van der Waals surface area contributed by atoms with Crippen LogP contribution in [0.5, 0.6) is 0 Å². The van der Waals surface area contributed by atoms with Crippen LogP contribution in [0.15, 0.2) is 0 Å². The fourth-order valence-corrected chi connectivity index (χ4v) is 9.46. The van der Waals surface area contributed by atoms with Crippen molar-refractivity contribution in [2.45, 2.75) is 130 Å². The Morgan fingerprint density at radius 1 is 0.346 bits per heavy atom. The minimum Gasteiger partial charge on any atom is -1.00 e. The van der Waals surface area contributed by atoms with Gasteiger partial charge < -0.3 is 17.0 Å². The zero-order valence-electron chi connectivity index (χ0n) is 19.0. The molecular weight excluding hydrogens is 399 g/mol. The van der Waals surface area contributed by atoms with E-state index in [0.29, 0.717) is 0 Å². The lowest BCUT2D eigenvalue weighted by Crippen LogP contribution is -3.00. The third-order valence-corrected chi connectivity index (χ3v) is 11.2. The average molecular weight is 452 g/mol. The zero-order chi connectivity index (χ0) is 18.6. The first-order chi connectivity index (χ1) is 12.2. The van der Waals surface area contributed by atoms with Crippen molar-refractivity contribution in [2.75, 3.05) is 24.6 Å². The zero-order valence-corrected chi connectivity index (χ0v) is 21.4. The molecule has 0 saturated carbocycles. The molecule has 0 saturated heterocycles. The van der Waals surface area contributed by atoms with Crippen molar-refractivity contribution in [3.63, 3.8) is 0 Å². The molecule has 0 radical (unpaired) electrons. The second-order valence-corrected chi connectivity index (χ2v) is 13.0. The maximum Gasteiger partial charge on any atom is 0.0594 e. The van der Waals surface area contributed by atoms with Crippen LogP contribution < -0.4 is 17.0 Å². The molecule has 0 aliphatic carbocycles. The van der Waals surface area contributed by atoms with Gasteiger partial charge in [0.15, 0.2) is 0 Å². The first-order valence-electron chi connectivity index (χ1n) is 12.1. The lowest BCUT2D eigenvalue weighted by atomic mass is 10.1. The highest BCUT2D eigenvalue weighted by Crippen LogP contribution is 2.61. The molecule has 0 unspecified atom stereocenters.